The van der Waals surface area contributed by atoms with Crippen LogP contribution in [-0.4, -0.2) is 37.0 Å². The van der Waals surface area contributed by atoms with Gasteiger partial charge in [0.15, 0.2) is 0 Å². The monoisotopic (exact) mass is 330 g/mol. The third kappa shape index (κ3) is 6.59. The lowest BCUT2D eigenvalue weighted by atomic mass is 10.1. The lowest BCUT2D eigenvalue weighted by Crippen LogP contribution is -2.47. The van der Waals surface area contributed by atoms with Gasteiger partial charge in [-0.25, -0.2) is 0 Å². The molecule has 0 fully saturated rings. The number of hydrogen-bond donors (Lipinski definition) is 2. The highest BCUT2D eigenvalue weighted by atomic mass is 32.2. The molecule has 5 nitrogen and oxygen atoms in total. The molecule has 21 heavy (non-hydrogen) atoms. The molecule has 0 atom stereocenters. The molecule has 0 aliphatic carbocycles. The van der Waals surface area contributed by atoms with Crippen molar-refractivity contribution in [3.05, 3.63) is 21.9 Å². The van der Waals surface area contributed by atoms with Gasteiger partial charge in [-0.05, 0) is 26.8 Å². The van der Waals surface area contributed by atoms with Crippen LogP contribution in [0, 0.1) is 11.8 Å². The first-order valence-electron chi connectivity index (χ1n) is 6.56. The van der Waals surface area contributed by atoms with E-state index in [1.807, 2.05) is 11.4 Å². The van der Waals surface area contributed by atoms with Gasteiger partial charge < -0.3 is 5.11 Å². The summed E-state index contributed by atoms with van der Waals surface area (Å²) in [5.41, 5.74) is 0.335. The first-order chi connectivity index (χ1) is 9.64. The average Bonchev–Trinajstić information content (AvgIpc) is 2.74. The molecule has 0 saturated carbocycles. The largest absolute Gasteiger partial charge is 0.395 e. The van der Waals surface area contributed by atoms with Crippen LogP contribution in [0.15, 0.2) is 11.4 Å². The average molecular weight is 330 g/mol. The lowest BCUT2D eigenvalue weighted by Gasteiger charge is -2.25. The van der Waals surface area contributed by atoms with Gasteiger partial charge in [-0.2, -0.15) is 17.4 Å². The fraction of sp³-hybridized carbons (Fsp3) is 0.571. The third-order valence-corrected chi connectivity index (χ3v) is 5.09. The maximum Gasteiger partial charge on any atom is 0.280 e. The number of nitrogens with one attached hydrogen (secondary N) is 1. The summed E-state index contributed by atoms with van der Waals surface area (Å²) in [4.78, 5) is 0.921. The van der Waals surface area contributed by atoms with Crippen LogP contribution in [0.25, 0.3) is 0 Å². The molecule has 0 bridgehead atoms. The molecule has 0 aliphatic heterocycles. The molecule has 1 heterocycles. The van der Waals surface area contributed by atoms with E-state index in [2.05, 4.69) is 16.6 Å². The Labute approximate surface area is 131 Å². The van der Waals surface area contributed by atoms with Crippen molar-refractivity contribution in [2.75, 3.05) is 13.7 Å². The van der Waals surface area contributed by atoms with E-state index in [1.54, 1.807) is 27.8 Å². The fourth-order valence-electron chi connectivity index (χ4n) is 1.52. The van der Waals surface area contributed by atoms with Gasteiger partial charge in [0.25, 0.3) is 10.2 Å². The zero-order valence-electron chi connectivity index (χ0n) is 12.8. The third-order valence-electron chi connectivity index (χ3n) is 2.35. The Bertz CT molecular complexity index is 619. The van der Waals surface area contributed by atoms with Crippen molar-refractivity contribution in [2.24, 2.45) is 0 Å². The molecule has 0 radical (unpaired) electrons. The minimum absolute atomic E-state index is 0.0451. The Hall–Kier alpha value is -0.910. The first kappa shape index (κ1) is 18.1. The summed E-state index contributed by atoms with van der Waals surface area (Å²) in [7, 11) is -1.96. The first-order valence-corrected chi connectivity index (χ1v) is 8.88. The van der Waals surface area contributed by atoms with Crippen LogP contribution < -0.4 is 4.72 Å². The molecule has 1 aromatic rings. The molecule has 7 heteroatoms. The van der Waals surface area contributed by atoms with Gasteiger partial charge in [0, 0.05) is 41.4 Å². The van der Waals surface area contributed by atoms with Crippen LogP contribution in [0.2, 0.25) is 0 Å². The SMILES string of the molecule is CN(Cc1cc(C#CCCO)cs1)S(=O)(=O)NC(C)(C)C. The Morgan fingerprint density at radius 1 is 1.43 bits per heavy atom. The minimum atomic E-state index is -3.51. The Morgan fingerprint density at radius 2 is 2.10 bits per heavy atom. The zero-order valence-corrected chi connectivity index (χ0v) is 14.4. The lowest BCUT2D eigenvalue weighted by molar-refractivity contribution is 0.305. The molecule has 2 N–H and O–H groups in total. The molecule has 1 aromatic heterocycles. The Kier molecular flexibility index (Phi) is 6.38. The smallest absolute Gasteiger partial charge is 0.280 e. The van der Waals surface area contributed by atoms with Crippen LogP contribution >= 0.6 is 11.3 Å². The molecule has 1 rings (SSSR count). The van der Waals surface area contributed by atoms with Gasteiger partial charge in [-0.3, -0.25) is 0 Å². The molecular formula is C14H22N2O3S2. The highest BCUT2D eigenvalue weighted by Crippen LogP contribution is 2.17. The van der Waals surface area contributed by atoms with Crippen LogP contribution in [0.3, 0.4) is 0 Å². The second-order valence-electron chi connectivity index (χ2n) is 5.69. The molecule has 0 spiro atoms. The summed E-state index contributed by atoms with van der Waals surface area (Å²) >= 11 is 1.47. The Morgan fingerprint density at radius 3 is 2.67 bits per heavy atom. The number of aliphatic hydroxyl groups excluding tert-OH is 1. The predicted molar refractivity (Wildman–Crippen MR) is 86.2 cm³/mol. The van der Waals surface area contributed by atoms with Gasteiger partial charge in [0.2, 0.25) is 0 Å². The zero-order chi connectivity index (χ0) is 16.1. The highest BCUT2D eigenvalue weighted by Gasteiger charge is 2.24. The summed E-state index contributed by atoms with van der Waals surface area (Å²) < 4.78 is 28.2. The van der Waals surface area contributed by atoms with Crippen molar-refractivity contribution in [1.29, 1.82) is 0 Å². The van der Waals surface area contributed by atoms with E-state index >= 15 is 0 Å². The molecule has 0 aliphatic rings. The summed E-state index contributed by atoms with van der Waals surface area (Å²) in [5.74, 6) is 5.77. The van der Waals surface area contributed by atoms with Gasteiger partial charge in [-0.15, -0.1) is 11.3 Å². The summed E-state index contributed by atoms with van der Waals surface area (Å²) in [6.45, 7) is 5.76. The van der Waals surface area contributed by atoms with E-state index in [0.717, 1.165) is 10.4 Å². The number of rotatable bonds is 5. The van der Waals surface area contributed by atoms with E-state index in [1.165, 1.54) is 15.6 Å². The van der Waals surface area contributed by atoms with E-state index in [0.29, 0.717) is 13.0 Å². The van der Waals surface area contributed by atoms with E-state index in [4.69, 9.17) is 5.11 Å². The number of thiophene rings is 1. The van der Waals surface area contributed by atoms with Crippen molar-refractivity contribution >= 4 is 21.5 Å². The molecule has 0 amide bonds. The summed E-state index contributed by atoms with van der Waals surface area (Å²) in [6.07, 6.45) is 0.439. The topological polar surface area (TPSA) is 69.6 Å². The van der Waals surface area contributed by atoms with Gasteiger partial charge in [0.05, 0.1) is 6.61 Å². The van der Waals surface area contributed by atoms with E-state index in [-0.39, 0.29) is 6.61 Å². The maximum absolute atomic E-state index is 12.1. The van der Waals surface area contributed by atoms with Crippen molar-refractivity contribution in [3.8, 4) is 11.8 Å². The van der Waals surface area contributed by atoms with Crippen LogP contribution in [0.5, 0.6) is 0 Å². The molecule has 118 valence electrons. The molecular weight excluding hydrogens is 308 g/mol. The number of aliphatic hydroxyl groups is 1. The van der Waals surface area contributed by atoms with Crippen LogP contribution in [-0.2, 0) is 16.8 Å². The second-order valence-corrected chi connectivity index (χ2v) is 8.46. The number of hydrogen-bond acceptors (Lipinski definition) is 4. The van der Waals surface area contributed by atoms with Gasteiger partial charge >= 0.3 is 0 Å². The summed E-state index contributed by atoms with van der Waals surface area (Å²) in [6, 6.07) is 1.87. The second kappa shape index (κ2) is 7.38. The van der Waals surface area contributed by atoms with Crippen LogP contribution in [0.4, 0.5) is 0 Å². The molecule has 0 saturated heterocycles. The molecule has 0 aromatic carbocycles. The van der Waals surface area contributed by atoms with Gasteiger partial charge in [-0.1, -0.05) is 11.8 Å². The van der Waals surface area contributed by atoms with Crippen LogP contribution in [0.1, 0.15) is 37.6 Å². The fourth-order valence-corrected chi connectivity index (χ4v) is 3.71. The predicted octanol–water partition coefficient (Wildman–Crippen LogP) is 1.55. The normalized spacial score (nSPS) is 12.3. The molecule has 0 unspecified atom stereocenters. The summed E-state index contributed by atoms with van der Waals surface area (Å²) in [5, 5.41) is 10.6. The number of nitrogens with zero attached hydrogens (tertiary/aromatic N) is 1. The van der Waals surface area contributed by atoms with E-state index in [9.17, 15) is 8.42 Å². The van der Waals surface area contributed by atoms with Crippen molar-refractivity contribution in [1.82, 2.24) is 9.03 Å². The van der Waals surface area contributed by atoms with Crippen molar-refractivity contribution in [3.63, 3.8) is 0 Å². The highest BCUT2D eigenvalue weighted by molar-refractivity contribution is 7.87. The van der Waals surface area contributed by atoms with Crippen molar-refractivity contribution < 1.29 is 13.5 Å². The van der Waals surface area contributed by atoms with Gasteiger partial charge in [0.1, 0.15) is 0 Å². The van der Waals surface area contributed by atoms with E-state index < -0.39 is 15.7 Å². The minimum Gasteiger partial charge on any atom is -0.395 e. The Balaban J connectivity index is 2.72. The standard InChI is InChI=1S/C14H22N2O3S2/c1-14(2,3)15-21(18,19)16(4)10-13-9-12(11-20-13)7-5-6-8-17/h9,11,15,17H,6,8,10H2,1-4H3. The maximum atomic E-state index is 12.1. The van der Waals surface area contributed by atoms with Crippen molar-refractivity contribution in [2.45, 2.75) is 39.3 Å². The quantitative estimate of drug-likeness (QED) is 0.805.